The number of fused-ring (bicyclic) bond motifs is 1. The second-order valence-electron chi connectivity index (χ2n) is 6.42. The standard InChI is InChI=1S/C17H25N3O3/c1-12-7-19(8-13(2)23-12)9-14(22)10-20-16-6-4-3-5-15(16)18-17(20)11-21/h3-6,12-14,21-22H,7-11H2,1-2H3/t12-,13+,14-/m1/s1. The van der Waals surface area contributed by atoms with Gasteiger partial charge in [-0.1, -0.05) is 12.1 Å². The minimum absolute atomic E-state index is 0.132. The first-order valence-electron chi connectivity index (χ1n) is 8.17. The van der Waals surface area contributed by atoms with Crippen molar-refractivity contribution in [3.63, 3.8) is 0 Å². The Hall–Kier alpha value is -1.47. The van der Waals surface area contributed by atoms with Crippen molar-refractivity contribution < 1.29 is 14.9 Å². The third-order valence-electron chi connectivity index (χ3n) is 4.23. The number of ether oxygens (including phenoxy) is 1. The number of imidazole rings is 1. The number of nitrogens with zero attached hydrogens (tertiary/aromatic N) is 3. The second-order valence-corrected chi connectivity index (χ2v) is 6.42. The van der Waals surface area contributed by atoms with Crippen molar-refractivity contribution >= 4 is 11.0 Å². The summed E-state index contributed by atoms with van der Waals surface area (Å²) in [6, 6.07) is 7.75. The molecule has 6 heteroatoms. The van der Waals surface area contributed by atoms with Crippen LogP contribution in [0.15, 0.2) is 24.3 Å². The predicted molar refractivity (Wildman–Crippen MR) is 88.1 cm³/mol. The van der Waals surface area contributed by atoms with Crippen LogP contribution in [0.3, 0.4) is 0 Å². The molecule has 2 aromatic rings. The fourth-order valence-corrected chi connectivity index (χ4v) is 3.45. The molecule has 126 valence electrons. The lowest BCUT2D eigenvalue weighted by Crippen LogP contribution is -2.48. The van der Waals surface area contributed by atoms with Gasteiger partial charge in [0.05, 0.1) is 35.9 Å². The third kappa shape index (κ3) is 3.72. The molecule has 1 aromatic heterocycles. The molecule has 1 saturated heterocycles. The largest absolute Gasteiger partial charge is 0.390 e. The monoisotopic (exact) mass is 319 g/mol. The van der Waals surface area contributed by atoms with E-state index in [1.165, 1.54) is 0 Å². The van der Waals surface area contributed by atoms with Gasteiger partial charge >= 0.3 is 0 Å². The summed E-state index contributed by atoms with van der Waals surface area (Å²) in [7, 11) is 0. The highest BCUT2D eigenvalue weighted by Crippen LogP contribution is 2.17. The number of hydrogen-bond donors (Lipinski definition) is 2. The second kappa shape index (κ2) is 6.97. The Kier molecular flexibility index (Phi) is 4.96. The van der Waals surface area contributed by atoms with Crippen molar-refractivity contribution in [3.05, 3.63) is 30.1 Å². The molecule has 2 heterocycles. The summed E-state index contributed by atoms with van der Waals surface area (Å²) in [5.41, 5.74) is 1.79. The van der Waals surface area contributed by atoms with Gasteiger partial charge < -0.3 is 19.5 Å². The van der Waals surface area contributed by atoms with Crippen LogP contribution < -0.4 is 0 Å². The number of benzene rings is 1. The zero-order valence-electron chi connectivity index (χ0n) is 13.7. The molecule has 0 spiro atoms. The van der Waals surface area contributed by atoms with Crippen LogP contribution >= 0.6 is 0 Å². The van der Waals surface area contributed by atoms with E-state index in [-0.39, 0.29) is 18.8 Å². The molecular weight excluding hydrogens is 294 g/mol. The molecule has 1 aromatic carbocycles. The normalized spacial score (nSPS) is 24.2. The van der Waals surface area contributed by atoms with Gasteiger partial charge in [-0.2, -0.15) is 0 Å². The molecule has 0 saturated carbocycles. The highest BCUT2D eigenvalue weighted by molar-refractivity contribution is 5.75. The molecule has 0 aliphatic carbocycles. The quantitative estimate of drug-likeness (QED) is 0.860. The zero-order chi connectivity index (χ0) is 16.4. The SMILES string of the molecule is C[C@@H]1CN(C[C@@H](O)Cn2c(CO)nc3ccccc32)C[C@H](C)O1. The summed E-state index contributed by atoms with van der Waals surface area (Å²) in [6.07, 6.45) is -0.142. The molecule has 23 heavy (non-hydrogen) atoms. The van der Waals surface area contributed by atoms with Gasteiger partial charge in [0.15, 0.2) is 0 Å². The Bertz CT molecular complexity index is 648. The van der Waals surface area contributed by atoms with Crippen molar-refractivity contribution in [2.24, 2.45) is 0 Å². The maximum absolute atomic E-state index is 10.5. The Labute approximate surface area is 136 Å². The van der Waals surface area contributed by atoms with Crippen LogP contribution in [0.1, 0.15) is 19.7 Å². The van der Waals surface area contributed by atoms with Crippen LogP contribution in [0.25, 0.3) is 11.0 Å². The number of rotatable bonds is 5. The lowest BCUT2D eigenvalue weighted by atomic mass is 10.2. The van der Waals surface area contributed by atoms with Gasteiger partial charge in [0.25, 0.3) is 0 Å². The van der Waals surface area contributed by atoms with E-state index in [4.69, 9.17) is 4.74 Å². The van der Waals surface area contributed by atoms with Crippen LogP contribution in [0.4, 0.5) is 0 Å². The Morgan fingerprint density at radius 2 is 1.91 bits per heavy atom. The molecule has 0 unspecified atom stereocenters. The minimum atomic E-state index is -0.518. The number of aliphatic hydroxyl groups excluding tert-OH is 2. The molecule has 3 rings (SSSR count). The van der Waals surface area contributed by atoms with E-state index in [2.05, 4.69) is 23.7 Å². The fourth-order valence-electron chi connectivity index (χ4n) is 3.45. The predicted octanol–water partition coefficient (Wildman–Crippen LogP) is 0.999. The highest BCUT2D eigenvalue weighted by Gasteiger charge is 2.24. The molecular formula is C17H25N3O3. The number of hydrogen-bond acceptors (Lipinski definition) is 5. The third-order valence-corrected chi connectivity index (χ3v) is 4.23. The van der Waals surface area contributed by atoms with Crippen molar-refractivity contribution in [2.45, 2.75) is 45.3 Å². The maximum Gasteiger partial charge on any atom is 0.135 e. The van der Waals surface area contributed by atoms with Crippen molar-refractivity contribution in [3.8, 4) is 0 Å². The molecule has 0 amide bonds. The lowest BCUT2D eigenvalue weighted by Gasteiger charge is -2.36. The number of aliphatic hydroxyl groups is 2. The van der Waals surface area contributed by atoms with E-state index in [0.29, 0.717) is 18.9 Å². The smallest absolute Gasteiger partial charge is 0.135 e. The van der Waals surface area contributed by atoms with Crippen LogP contribution in [0.2, 0.25) is 0 Å². The number of para-hydroxylation sites is 2. The molecule has 6 nitrogen and oxygen atoms in total. The first kappa shape index (κ1) is 16.4. The van der Waals surface area contributed by atoms with E-state index < -0.39 is 6.10 Å². The molecule has 2 N–H and O–H groups in total. The van der Waals surface area contributed by atoms with Crippen molar-refractivity contribution in [1.29, 1.82) is 0 Å². The van der Waals surface area contributed by atoms with Crippen LogP contribution in [-0.4, -0.2) is 62.6 Å². The summed E-state index contributed by atoms with van der Waals surface area (Å²) < 4.78 is 7.64. The molecule has 3 atom stereocenters. The average Bonchev–Trinajstić information content (AvgIpc) is 2.84. The van der Waals surface area contributed by atoms with Crippen LogP contribution in [-0.2, 0) is 17.9 Å². The van der Waals surface area contributed by atoms with Gasteiger partial charge in [-0.3, -0.25) is 4.90 Å². The summed E-state index contributed by atoms with van der Waals surface area (Å²) in [5.74, 6) is 0.592. The fraction of sp³-hybridized carbons (Fsp3) is 0.588. The van der Waals surface area contributed by atoms with E-state index in [0.717, 1.165) is 24.1 Å². The average molecular weight is 319 g/mol. The number of aromatic nitrogens is 2. The summed E-state index contributed by atoms with van der Waals surface area (Å²) >= 11 is 0. The summed E-state index contributed by atoms with van der Waals surface area (Å²) in [6.45, 7) is 6.67. The van der Waals surface area contributed by atoms with E-state index >= 15 is 0 Å². The minimum Gasteiger partial charge on any atom is -0.390 e. The Balaban J connectivity index is 1.71. The first-order valence-corrected chi connectivity index (χ1v) is 8.17. The first-order chi connectivity index (χ1) is 11.1. The molecule has 1 aliphatic rings. The summed E-state index contributed by atoms with van der Waals surface area (Å²) in [5, 5.41) is 20.0. The highest BCUT2D eigenvalue weighted by atomic mass is 16.5. The van der Waals surface area contributed by atoms with Gasteiger partial charge in [0.1, 0.15) is 12.4 Å². The van der Waals surface area contributed by atoms with Crippen LogP contribution in [0.5, 0.6) is 0 Å². The zero-order valence-corrected chi connectivity index (χ0v) is 13.7. The van der Waals surface area contributed by atoms with Crippen LogP contribution in [0, 0.1) is 0 Å². The van der Waals surface area contributed by atoms with Gasteiger partial charge in [0.2, 0.25) is 0 Å². The van der Waals surface area contributed by atoms with Crippen molar-refractivity contribution in [2.75, 3.05) is 19.6 Å². The van der Waals surface area contributed by atoms with Gasteiger partial charge in [-0.15, -0.1) is 0 Å². The van der Waals surface area contributed by atoms with Gasteiger partial charge in [-0.25, -0.2) is 4.98 Å². The Morgan fingerprint density at radius 1 is 1.22 bits per heavy atom. The topological polar surface area (TPSA) is 70.8 Å². The maximum atomic E-state index is 10.5. The van der Waals surface area contributed by atoms with E-state index in [1.54, 1.807) is 0 Å². The molecule has 1 fully saturated rings. The lowest BCUT2D eigenvalue weighted by molar-refractivity contribution is -0.0772. The van der Waals surface area contributed by atoms with Crippen molar-refractivity contribution in [1.82, 2.24) is 14.5 Å². The molecule has 0 radical (unpaired) electrons. The van der Waals surface area contributed by atoms with Gasteiger partial charge in [0, 0.05) is 19.6 Å². The Morgan fingerprint density at radius 3 is 2.61 bits per heavy atom. The summed E-state index contributed by atoms with van der Waals surface area (Å²) in [4.78, 5) is 6.66. The molecule has 0 bridgehead atoms. The van der Waals surface area contributed by atoms with E-state index in [9.17, 15) is 10.2 Å². The number of morpholine rings is 1. The number of β-amino-alcohol motifs (C(OH)–C–C–N with tert-alkyl or cyclic N) is 1. The molecule has 1 aliphatic heterocycles. The van der Waals surface area contributed by atoms with Gasteiger partial charge in [-0.05, 0) is 26.0 Å². The van der Waals surface area contributed by atoms with E-state index in [1.807, 2.05) is 28.8 Å².